The molecule has 1 aromatic carbocycles. The molecular formula is C8H7N3OS. The highest BCUT2D eigenvalue weighted by Crippen LogP contribution is 2.18. The third kappa shape index (κ3) is 1.59. The van der Waals surface area contributed by atoms with E-state index in [9.17, 15) is 0 Å². The van der Waals surface area contributed by atoms with Crippen molar-refractivity contribution in [1.82, 2.24) is 5.16 Å². The largest absolute Gasteiger partial charge is 0.376 e. The summed E-state index contributed by atoms with van der Waals surface area (Å²) in [6, 6.07) is 5.53. The van der Waals surface area contributed by atoms with Crippen molar-refractivity contribution in [1.29, 1.82) is 0 Å². The number of nitrogens with zero attached hydrogens (tertiary/aromatic N) is 1. The molecule has 0 bridgehead atoms. The topological polar surface area (TPSA) is 64.1 Å². The van der Waals surface area contributed by atoms with Crippen LogP contribution < -0.4 is 11.1 Å². The standard InChI is InChI=1S/C8H7N3OS/c9-8(13)11-6-2-1-5-4-10-12-7(5)3-6/h1-4H,(H3,9,11,13). The second kappa shape index (κ2) is 3.02. The Bertz CT molecular complexity index is 451. The van der Waals surface area contributed by atoms with E-state index < -0.39 is 0 Å². The van der Waals surface area contributed by atoms with Gasteiger partial charge in [0, 0.05) is 17.1 Å². The second-order valence-electron chi connectivity index (χ2n) is 2.57. The Balaban J connectivity index is 2.42. The smallest absolute Gasteiger partial charge is 0.168 e. The van der Waals surface area contributed by atoms with E-state index >= 15 is 0 Å². The van der Waals surface area contributed by atoms with Crippen molar-refractivity contribution in [2.75, 3.05) is 5.32 Å². The molecule has 1 aromatic heterocycles. The Kier molecular flexibility index (Phi) is 1.86. The SMILES string of the molecule is NC(=S)Nc1ccc2cnoc2c1. The molecule has 4 nitrogen and oxygen atoms in total. The number of thiocarbonyl (C=S) groups is 1. The lowest BCUT2D eigenvalue weighted by molar-refractivity contribution is 0.456. The van der Waals surface area contributed by atoms with Gasteiger partial charge in [-0.3, -0.25) is 0 Å². The zero-order chi connectivity index (χ0) is 9.26. The summed E-state index contributed by atoms with van der Waals surface area (Å²) in [7, 11) is 0. The van der Waals surface area contributed by atoms with Gasteiger partial charge in [0.2, 0.25) is 0 Å². The number of benzene rings is 1. The normalized spacial score (nSPS) is 10.2. The van der Waals surface area contributed by atoms with Gasteiger partial charge in [-0.25, -0.2) is 0 Å². The van der Waals surface area contributed by atoms with E-state index in [-0.39, 0.29) is 5.11 Å². The predicted octanol–water partition coefficient (Wildman–Crippen LogP) is 1.48. The lowest BCUT2D eigenvalue weighted by Crippen LogP contribution is -2.18. The quantitative estimate of drug-likeness (QED) is 0.672. The molecule has 66 valence electrons. The van der Waals surface area contributed by atoms with Crippen molar-refractivity contribution in [3.63, 3.8) is 0 Å². The molecule has 0 saturated carbocycles. The summed E-state index contributed by atoms with van der Waals surface area (Å²) >= 11 is 4.70. The van der Waals surface area contributed by atoms with Crippen LogP contribution in [0.2, 0.25) is 0 Å². The van der Waals surface area contributed by atoms with Crippen LogP contribution in [-0.4, -0.2) is 10.3 Å². The van der Waals surface area contributed by atoms with Crippen LogP contribution in [0.3, 0.4) is 0 Å². The van der Waals surface area contributed by atoms with Gasteiger partial charge in [-0.1, -0.05) is 5.16 Å². The van der Waals surface area contributed by atoms with E-state index in [4.69, 9.17) is 22.5 Å². The lowest BCUT2D eigenvalue weighted by Gasteiger charge is -2.01. The van der Waals surface area contributed by atoms with Crippen molar-refractivity contribution in [2.45, 2.75) is 0 Å². The number of nitrogens with one attached hydrogen (secondary N) is 1. The number of hydrogen-bond donors (Lipinski definition) is 2. The van der Waals surface area contributed by atoms with Crippen LogP contribution in [0.15, 0.2) is 28.9 Å². The first-order valence-electron chi connectivity index (χ1n) is 3.66. The van der Waals surface area contributed by atoms with Gasteiger partial charge in [0.25, 0.3) is 0 Å². The van der Waals surface area contributed by atoms with E-state index in [0.29, 0.717) is 5.58 Å². The van der Waals surface area contributed by atoms with Crippen molar-refractivity contribution in [3.05, 3.63) is 24.4 Å². The molecule has 5 heteroatoms. The molecule has 3 N–H and O–H groups in total. The molecule has 0 unspecified atom stereocenters. The minimum Gasteiger partial charge on any atom is -0.376 e. The first kappa shape index (κ1) is 8.00. The third-order valence-electron chi connectivity index (χ3n) is 1.62. The first-order chi connectivity index (χ1) is 6.25. The monoisotopic (exact) mass is 193 g/mol. The molecule has 0 fully saturated rings. The molecule has 2 aromatic rings. The summed E-state index contributed by atoms with van der Waals surface area (Å²) in [6.45, 7) is 0. The maximum atomic E-state index is 5.32. The molecule has 0 radical (unpaired) electrons. The summed E-state index contributed by atoms with van der Waals surface area (Å²) in [6.07, 6.45) is 1.65. The number of aromatic nitrogens is 1. The summed E-state index contributed by atoms with van der Waals surface area (Å²) in [4.78, 5) is 0. The van der Waals surface area contributed by atoms with E-state index in [2.05, 4.69) is 10.5 Å². The van der Waals surface area contributed by atoms with Crippen molar-refractivity contribution < 1.29 is 4.52 Å². The van der Waals surface area contributed by atoms with Gasteiger partial charge in [-0.15, -0.1) is 0 Å². The predicted molar refractivity (Wildman–Crippen MR) is 54.4 cm³/mol. The maximum absolute atomic E-state index is 5.32. The van der Waals surface area contributed by atoms with Crippen molar-refractivity contribution in [2.24, 2.45) is 5.73 Å². The van der Waals surface area contributed by atoms with Crippen LogP contribution in [0.1, 0.15) is 0 Å². The van der Waals surface area contributed by atoms with Gasteiger partial charge in [0.1, 0.15) is 0 Å². The summed E-state index contributed by atoms with van der Waals surface area (Å²) < 4.78 is 4.97. The number of rotatable bonds is 1. The second-order valence-corrected chi connectivity index (χ2v) is 3.01. The van der Waals surface area contributed by atoms with Crippen molar-refractivity contribution >= 4 is 34.0 Å². The zero-order valence-corrected chi connectivity index (χ0v) is 7.47. The van der Waals surface area contributed by atoms with E-state index in [1.807, 2.05) is 12.1 Å². The fourth-order valence-electron chi connectivity index (χ4n) is 1.08. The van der Waals surface area contributed by atoms with Gasteiger partial charge in [-0.2, -0.15) is 0 Å². The van der Waals surface area contributed by atoms with Gasteiger partial charge in [0.15, 0.2) is 10.7 Å². The molecular weight excluding hydrogens is 186 g/mol. The highest BCUT2D eigenvalue weighted by Gasteiger charge is 1.99. The van der Waals surface area contributed by atoms with E-state index in [0.717, 1.165) is 11.1 Å². The first-order valence-corrected chi connectivity index (χ1v) is 4.07. The van der Waals surface area contributed by atoms with Gasteiger partial charge in [-0.05, 0) is 24.4 Å². The molecule has 2 rings (SSSR count). The van der Waals surface area contributed by atoms with E-state index in [1.54, 1.807) is 12.3 Å². The Morgan fingerprint density at radius 1 is 1.54 bits per heavy atom. The number of hydrogen-bond acceptors (Lipinski definition) is 3. The Morgan fingerprint density at radius 3 is 3.15 bits per heavy atom. The number of anilines is 1. The average Bonchev–Trinajstić information content (AvgIpc) is 2.49. The highest BCUT2D eigenvalue weighted by atomic mass is 32.1. The van der Waals surface area contributed by atoms with Gasteiger partial charge in [0.05, 0.1) is 6.20 Å². The van der Waals surface area contributed by atoms with Crippen LogP contribution in [0, 0.1) is 0 Å². The van der Waals surface area contributed by atoms with Crippen LogP contribution in [0.25, 0.3) is 11.0 Å². The van der Waals surface area contributed by atoms with Crippen LogP contribution in [-0.2, 0) is 0 Å². The third-order valence-corrected chi connectivity index (χ3v) is 1.73. The molecule has 0 aliphatic rings. The molecule has 0 aliphatic carbocycles. The lowest BCUT2D eigenvalue weighted by atomic mass is 10.2. The average molecular weight is 193 g/mol. The summed E-state index contributed by atoms with van der Waals surface area (Å²) in [5, 5.41) is 7.65. The molecule has 0 amide bonds. The summed E-state index contributed by atoms with van der Waals surface area (Å²) in [5.41, 5.74) is 6.83. The highest BCUT2D eigenvalue weighted by molar-refractivity contribution is 7.80. The fraction of sp³-hybridized carbons (Fsp3) is 0. The molecule has 0 aliphatic heterocycles. The number of nitrogens with two attached hydrogens (primary N) is 1. The molecule has 0 atom stereocenters. The zero-order valence-electron chi connectivity index (χ0n) is 6.65. The van der Waals surface area contributed by atoms with Gasteiger partial charge < -0.3 is 15.6 Å². The van der Waals surface area contributed by atoms with Crippen LogP contribution in [0.5, 0.6) is 0 Å². The minimum atomic E-state index is 0.235. The molecule has 0 saturated heterocycles. The molecule has 0 spiro atoms. The Hall–Kier alpha value is -1.62. The fourth-order valence-corrected chi connectivity index (χ4v) is 1.20. The van der Waals surface area contributed by atoms with Crippen LogP contribution in [0.4, 0.5) is 5.69 Å². The molecule has 13 heavy (non-hydrogen) atoms. The minimum absolute atomic E-state index is 0.235. The number of fused-ring (bicyclic) bond motifs is 1. The summed E-state index contributed by atoms with van der Waals surface area (Å²) in [5.74, 6) is 0. The van der Waals surface area contributed by atoms with Crippen LogP contribution >= 0.6 is 12.2 Å². The van der Waals surface area contributed by atoms with E-state index in [1.165, 1.54) is 0 Å². The Labute approximate surface area is 79.7 Å². The molecule has 1 heterocycles. The van der Waals surface area contributed by atoms with Crippen molar-refractivity contribution in [3.8, 4) is 0 Å². The Morgan fingerprint density at radius 2 is 2.38 bits per heavy atom. The maximum Gasteiger partial charge on any atom is 0.168 e. The van der Waals surface area contributed by atoms with Gasteiger partial charge >= 0.3 is 0 Å².